The number of rotatable bonds is 8. The lowest BCUT2D eigenvalue weighted by Crippen LogP contribution is -2.51. The first-order valence-electron chi connectivity index (χ1n) is 12.4. The summed E-state index contributed by atoms with van der Waals surface area (Å²) in [6, 6.07) is 10.6. The van der Waals surface area contributed by atoms with Gasteiger partial charge in [0.15, 0.2) is 0 Å². The molecule has 2 N–H and O–H groups in total. The molecule has 2 aliphatic rings. The van der Waals surface area contributed by atoms with Crippen LogP contribution >= 0.6 is 11.8 Å². The normalized spacial score (nSPS) is 19.1. The van der Waals surface area contributed by atoms with Crippen molar-refractivity contribution in [2.75, 3.05) is 31.1 Å². The fourth-order valence-corrected chi connectivity index (χ4v) is 7.00. The minimum absolute atomic E-state index is 0.0178. The fourth-order valence-electron chi connectivity index (χ4n) is 4.44. The van der Waals surface area contributed by atoms with Gasteiger partial charge in [-0.15, -0.1) is 0 Å². The van der Waals surface area contributed by atoms with Crippen molar-refractivity contribution in [2.45, 2.75) is 43.2 Å². The lowest BCUT2D eigenvalue weighted by atomic mass is 10.1. The van der Waals surface area contributed by atoms with E-state index < -0.39 is 40.1 Å². The molecule has 38 heavy (non-hydrogen) atoms. The number of aryl methyl sites for hydroxylation is 1. The van der Waals surface area contributed by atoms with Gasteiger partial charge in [-0.25, -0.2) is 18.0 Å². The maximum Gasteiger partial charge on any atom is 0.415 e. The largest absolute Gasteiger partial charge is 0.480 e. The number of hydrogen-bond acceptors (Lipinski definition) is 7. The van der Waals surface area contributed by atoms with Gasteiger partial charge in [0.1, 0.15) is 17.8 Å². The second-order valence-corrected chi connectivity index (χ2v) is 12.4. The van der Waals surface area contributed by atoms with Crippen LogP contribution in [0.25, 0.3) is 0 Å². The van der Waals surface area contributed by atoms with Gasteiger partial charge in [0.25, 0.3) is 0 Å². The average Bonchev–Trinajstić information content (AvgIpc) is 3.41. The van der Waals surface area contributed by atoms with E-state index in [4.69, 9.17) is 4.74 Å². The zero-order chi connectivity index (χ0) is 27.3. The number of ether oxygens (including phenoxy) is 1. The summed E-state index contributed by atoms with van der Waals surface area (Å²) in [6.07, 6.45) is 0.363. The highest BCUT2D eigenvalue weighted by molar-refractivity contribution is 7.99. The number of thioether (sulfide) groups is 1. The number of carboxylic acids is 1. The third-order valence-electron chi connectivity index (χ3n) is 6.59. The Morgan fingerprint density at radius 3 is 2.34 bits per heavy atom. The highest BCUT2D eigenvalue weighted by Gasteiger charge is 2.40. The van der Waals surface area contributed by atoms with E-state index in [-0.39, 0.29) is 17.9 Å². The second-order valence-electron chi connectivity index (χ2n) is 9.30. The fraction of sp³-hybridized carbons (Fsp3) is 0.423. The highest BCUT2D eigenvalue weighted by atomic mass is 32.2. The van der Waals surface area contributed by atoms with Crippen LogP contribution < -0.4 is 10.1 Å². The van der Waals surface area contributed by atoms with Gasteiger partial charge in [0, 0.05) is 37.6 Å². The maximum atomic E-state index is 13.2. The quantitative estimate of drug-likeness (QED) is 0.502. The summed E-state index contributed by atoms with van der Waals surface area (Å²) in [5.41, 5.74) is 1.53. The zero-order valence-corrected chi connectivity index (χ0v) is 22.7. The first-order valence-corrected chi connectivity index (χ1v) is 15.0. The summed E-state index contributed by atoms with van der Waals surface area (Å²) in [5.74, 6) is 0.203. The van der Waals surface area contributed by atoms with Crippen molar-refractivity contribution < 1.29 is 32.6 Å². The summed E-state index contributed by atoms with van der Waals surface area (Å²) in [6.45, 7) is 3.30. The molecular formula is C26H31N3O7S2. The lowest BCUT2D eigenvalue weighted by molar-refractivity contribution is -0.142. The molecule has 0 aliphatic carbocycles. The SMILES string of the molecule is Cc1ccc(S(=O)(=O)N2CCC[C@H]2C(=O)NC(Cc2ccc(OC(=O)N3CCSCC3)cc2)C(=O)O)cc1. The zero-order valence-electron chi connectivity index (χ0n) is 21.0. The third kappa shape index (κ3) is 6.66. The van der Waals surface area contributed by atoms with Crippen LogP contribution in [0.2, 0.25) is 0 Å². The van der Waals surface area contributed by atoms with Crippen molar-refractivity contribution in [1.29, 1.82) is 0 Å². The van der Waals surface area contributed by atoms with E-state index in [1.54, 1.807) is 53.1 Å². The van der Waals surface area contributed by atoms with Crippen LogP contribution in [0.3, 0.4) is 0 Å². The third-order valence-corrected chi connectivity index (χ3v) is 9.45. The summed E-state index contributed by atoms with van der Waals surface area (Å²) in [4.78, 5) is 39.1. The number of amides is 2. The molecule has 2 atom stereocenters. The molecule has 0 aromatic heterocycles. The van der Waals surface area contributed by atoms with Gasteiger partial charge in [-0.05, 0) is 49.6 Å². The predicted molar refractivity (Wildman–Crippen MR) is 143 cm³/mol. The monoisotopic (exact) mass is 561 g/mol. The Kier molecular flexibility index (Phi) is 8.95. The van der Waals surface area contributed by atoms with Gasteiger partial charge in [0.2, 0.25) is 15.9 Å². The molecule has 0 radical (unpaired) electrons. The number of nitrogens with zero attached hydrogens (tertiary/aromatic N) is 2. The maximum absolute atomic E-state index is 13.2. The smallest absolute Gasteiger partial charge is 0.415 e. The van der Waals surface area contributed by atoms with E-state index in [1.807, 2.05) is 6.92 Å². The molecule has 0 spiro atoms. The molecule has 0 saturated carbocycles. The molecule has 0 bridgehead atoms. The van der Waals surface area contributed by atoms with E-state index in [9.17, 15) is 27.9 Å². The molecule has 2 heterocycles. The average molecular weight is 562 g/mol. The first-order chi connectivity index (χ1) is 18.1. The molecule has 12 heteroatoms. The molecule has 10 nitrogen and oxygen atoms in total. The van der Waals surface area contributed by atoms with Crippen LogP contribution in [0.15, 0.2) is 53.4 Å². The van der Waals surface area contributed by atoms with Crippen LogP contribution in [0.5, 0.6) is 5.75 Å². The van der Waals surface area contributed by atoms with Crippen molar-refractivity contribution in [3.63, 3.8) is 0 Å². The first kappa shape index (κ1) is 27.9. The van der Waals surface area contributed by atoms with Crippen molar-refractivity contribution >= 4 is 39.8 Å². The Morgan fingerprint density at radius 2 is 1.71 bits per heavy atom. The summed E-state index contributed by atoms with van der Waals surface area (Å²) >= 11 is 1.79. The lowest BCUT2D eigenvalue weighted by Gasteiger charge is -2.25. The van der Waals surface area contributed by atoms with Gasteiger partial charge in [-0.2, -0.15) is 16.1 Å². The summed E-state index contributed by atoms with van der Waals surface area (Å²) < 4.78 is 32.9. The molecule has 2 aromatic carbocycles. The van der Waals surface area contributed by atoms with E-state index in [1.165, 1.54) is 12.1 Å². The number of hydrogen-bond donors (Lipinski definition) is 2. The number of sulfonamides is 1. The number of carbonyl (C=O) groups is 3. The van der Waals surface area contributed by atoms with Crippen molar-refractivity contribution in [2.24, 2.45) is 0 Å². The van der Waals surface area contributed by atoms with Crippen molar-refractivity contribution in [3.8, 4) is 5.75 Å². The Balaban J connectivity index is 1.39. The minimum Gasteiger partial charge on any atom is -0.480 e. The number of carboxylic acid groups (broad SMARTS) is 1. The number of nitrogens with one attached hydrogen (secondary N) is 1. The summed E-state index contributed by atoms with van der Waals surface area (Å²) in [7, 11) is -3.91. The van der Waals surface area contributed by atoms with Crippen molar-refractivity contribution in [1.82, 2.24) is 14.5 Å². The molecule has 2 aromatic rings. The number of benzene rings is 2. The van der Waals surface area contributed by atoms with Gasteiger partial charge < -0.3 is 20.1 Å². The number of aliphatic carboxylic acids is 1. The van der Waals surface area contributed by atoms with Gasteiger partial charge in [-0.1, -0.05) is 29.8 Å². The van der Waals surface area contributed by atoms with Crippen LogP contribution in [-0.4, -0.2) is 83.9 Å². The molecule has 204 valence electrons. The Labute approximate surface area is 226 Å². The molecule has 2 aliphatic heterocycles. The van der Waals surface area contributed by atoms with E-state index in [0.29, 0.717) is 37.2 Å². The van der Waals surface area contributed by atoms with Crippen molar-refractivity contribution in [3.05, 3.63) is 59.7 Å². The van der Waals surface area contributed by atoms with Gasteiger partial charge in [0.05, 0.1) is 4.90 Å². The van der Waals surface area contributed by atoms with Gasteiger partial charge in [-0.3, -0.25) is 4.79 Å². The van der Waals surface area contributed by atoms with Crippen LogP contribution in [-0.2, 0) is 26.0 Å². The topological polar surface area (TPSA) is 133 Å². The Hall–Kier alpha value is -3.09. The van der Waals surface area contributed by atoms with Crippen LogP contribution in [0.1, 0.15) is 24.0 Å². The molecule has 2 saturated heterocycles. The predicted octanol–water partition coefficient (Wildman–Crippen LogP) is 2.51. The van der Waals surface area contributed by atoms with Crippen LogP contribution in [0.4, 0.5) is 4.79 Å². The Morgan fingerprint density at radius 1 is 1.05 bits per heavy atom. The molecule has 2 amide bonds. The minimum atomic E-state index is -3.91. The summed E-state index contributed by atoms with van der Waals surface area (Å²) in [5, 5.41) is 12.3. The van der Waals surface area contributed by atoms with Gasteiger partial charge >= 0.3 is 12.1 Å². The molecule has 2 fully saturated rings. The van der Waals surface area contributed by atoms with E-state index >= 15 is 0 Å². The van der Waals surface area contributed by atoms with Crippen LogP contribution in [0, 0.1) is 6.92 Å². The standard InChI is InChI=1S/C26H31N3O7S2/c1-18-4-10-21(11-5-18)38(34,35)29-12-2-3-23(29)24(30)27-22(25(31)32)17-19-6-8-20(9-7-19)36-26(33)28-13-15-37-16-14-28/h4-11,22-23H,2-3,12-17H2,1H3,(H,27,30)(H,31,32)/t22?,23-/m0/s1. The van der Waals surface area contributed by atoms with E-state index in [2.05, 4.69) is 5.32 Å². The van der Waals surface area contributed by atoms with E-state index in [0.717, 1.165) is 21.4 Å². The highest BCUT2D eigenvalue weighted by Crippen LogP contribution is 2.27. The second kappa shape index (κ2) is 12.2. The Bertz CT molecular complexity index is 1260. The molecule has 4 rings (SSSR count). The number of carbonyl (C=O) groups excluding carboxylic acids is 2. The molecule has 1 unspecified atom stereocenters. The molecular weight excluding hydrogens is 530 g/mol.